The zero-order valence-electron chi connectivity index (χ0n) is 6.70. The molecule has 0 N–H and O–H groups in total. The normalized spacial score (nSPS) is 39.1. The van der Waals surface area contributed by atoms with Gasteiger partial charge in [-0.1, -0.05) is 22.0 Å². The molecule has 12 heavy (non-hydrogen) atoms. The molecule has 0 aromatic heterocycles. The van der Waals surface area contributed by atoms with E-state index in [2.05, 4.69) is 22.0 Å². The van der Waals surface area contributed by atoms with Gasteiger partial charge in [-0.3, -0.25) is 4.79 Å². The second-order valence-electron chi connectivity index (χ2n) is 3.59. The maximum absolute atomic E-state index is 10.2. The summed E-state index contributed by atoms with van der Waals surface area (Å²) in [6.07, 6.45) is 5.68. The van der Waals surface area contributed by atoms with Gasteiger partial charge in [0, 0.05) is 5.92 Å². The Morgan fingerprint density at radius 3 is 3.17 bits per heavy atom. The molecule has 2 aliphatic rings. The average Bonchev–Trinajstić information content (AvgIpc) is 2.28. The molecule has 0 spiro atoms. The predicted octanol–water partition coefficient (Wildman–Crippen LogP) is 2.24. The number of carbonyl (C=O) groups excluding carboxylic acids is 1. The summed E-state index contributed by atoms with van der Waals surface area (Å²) in [6.45, 7) is 0.576. The Kier molecular flexibility index (Phi) is 2.22. The number of ether oxygens (including phenoxy) is 1. The summed E-state index contributed by atoms with van der Waals surface area (Å²) < 4.78 is 6.30. The van der Waals surface area contributed by atoms with Crippen LogP contribution in [0.3, 0.4) is 0 Å². The van der Waals surface area contributed by atoms with E-state index in [1.807, 2.05) is 0 Å². The number of carbonyl (C=O) groups is 1. The van der Waals surface area contributed by atoms with Crippen molar-refractivity contribution in [2.45, 2.75) is 25.4 Å². The van der Waals surface area contributed by atoms with Crippen LogP contribution in [0.4, 0.5) is 0 Å². The fraction of sp³-hybridized carbons (Fsp3) is 0.667. The highest BCUT2D eigenvalue weighted by molar-refractivity contribution is 9.11. The number of rotatable bonds is 2. The van der Waals surface area contributed by atoms with Crippen molar-refractivity contribution in [3.05, 3.63) is 10.6 Å². The lowest BCUT2D eigenvalue weighted by Crippen LogP contribution is -2.15. The van der Waals surface area contributed by atoms with E-state index in [1.54, 1.807) is 0 Å². The Morgan fingerprint density at radius 1 is 1.58 bits per heavy atom. The number of allylic oxidation sites excluding steroid dienone is 1. The highest BCUT2D eigenvalue weighted by Gasteiger charge is 2.37. The fourth-order valence-corrected chi connectivity index (χ4v) is 3.08. The maximum Gasteiger partial charge on any atom is 0.293 e. The number of halogens is 1. The maximum atomic E-state index is 10.2. The average molecular weight is 231 g/mol. The summed E-state index contributed by atoms with van der Waals surface area (Å²) >= 11 is 3.50. The minimum absolute atomic E-state index is 0.141. The van der Waals surface area contributed by atoms with Crippen LogP contribution in [0, 0.1) is 11.8 Å². The molecular weight excluding hydrogens is 220 g/mol. The molecule has 0 unspecified atom stereocenters. The second kappa shape index (κ2) is 3.21. The standard InChI is InChI=1S/C9H11BrO2/c10-8-2-6-1-7(4-8)9(3-6)12-5-11/h4-7,9H,1-3H2/t6-,7-,9-/m0/s1. The van der Waals surface area contributed by atoms with Gasteiger partial charge in [0.25, 0.3) is 6.47 Å². The van der Waals surface area contributed by atoms with Gasteiger partial charge < -0.3 is 4.74 Å². The smallest absolute Gasteiger partial charge is 0.293 e. The molecule has 2 aliphatic carbocycles. The molecule has 2 nitrogen and oxygen atoms in total. The molecule has 0 aromatic carbocycles. The fourth-order valence-electron chi connectivity index (χ4n) is 2.28. The van der Waals surface area contributed by atoms with Crippen LogP contribution < -0.4 is 0 Å². The van der Waals surface area contributed by atoms with Gasteiger partial charge in [0.05, 0.1) is 0 Å². The van der Waals surface area contributed by atoms with Crippen LogP contribution in [0.2, 0.25) is 0 Å². The van der Waals surface area contributed by atoms with E-state index >= 15 is 0 Å². The minimum Gasteiger partial charge on any atom is -0.464 e. The summed E-state index contributed by atoms with van der Waals surface area (Å²) in [7, 11) is 0. The molecule has 2 rings (SSSR count). The SMILES string of the molecule is O=CO[C@H]1C[C@@H]2CC(Br)=C[C@@H]1C2. The van der Waals surface area contributed by atoms with Crippen LogP contribution >= 0.6 is 15.9 Å². The molecule has 66 valence electrons. The van der Waals surface area contributed by atoms with Crippen LogP contribution in [0.25, 0.3) is 0 Å². The third-order valence-corrected chi connectivity index (χ3v) is 3.35. The quantitative estimate of drug-likeness (QED) is 0.681. The second-order valence-corrected chi connectivity index (χ2v) is 4.61. The molecule has 0 heterocycles. The Morgan fingerprint density at radius 2 is 2.42 bits per heavy atom. The van der Waals surface area contributed by atoms with Gasteiger partial charge in [-0.15, -0.1) is 0 Å². The molecule has 1 saturated carbocycles. The third-order valence-electron chi connectivity index (χ3n) is 2.76. The summed E-state index contributed by atoms with van der Waals surface area (Å²) in [5, 5.41) is 0. The van der Waals surface area contributed by atoms with E-state index in [-0.39, 0.29) is 6.10 Å². The van der Waals surface area contributed by atoms with E-state index in [1.165, 1.54) is 10.9 Å². The van der Waals surface area contributed by atoms with Crippen LogP contribution in [0.1, 0.15) is 19.3 Å². The first-order valence-corrected chi connectivity index (χ1v) is 5.04. The molecule has 0 saturated heterocycles. The van der Waals surface area contributed by atoms with Crippen molar-refractivity contribution in [1.82, 2.24) is 0 Å². The van der Waals surface area contributed by atoms with Gasteiger partial charge in [-0.05, 0) is 29.7 Å². The van der Waals surface area contributed by atoms with Crippen molar-refractivity contribution in [3.8, 4) is 0 Å². The lowest BCUT2D eigenvalue weighted by Gasteiger charge is -2.16. The van der Waals surface area contributed by atoms with Crippen molar-refractivity contribution in [2.24, 2.45) is 11.8 Å². The minimum atomic E-state index is 0.141. The first-order valence-electron chi connectivity index (χ1n) is 4.25. The summed E-state index contributed by atoms with van der Waals surface area (Å²) in [5.41, 5.74) is 0. The third kappa shape index (κ3) is 1.42. The van der Waals surface area contributed by atoms with Gasteiger partial charge in [0.1, 0.15) is 6.10 Å². The molecule has 3 heteroatoms. The summed E-state index contributed by atoms with van der Waals surface area (Å²) in [6, 6.07) is 0. The van der Waals surface area contributed by atoms with Gasteiger partial charge in [0.15, 0.2) is 0 Å². The molecule has 0 aromatic rings. The molecule has 1 fully saturated rings. The van der Waals surface area contributed by atoms with E-state index in [0.29, 0.717) is 12.4 Å². The van der Waals surface area contributed by atoms with Crippen LogP contribution in [0.15, 0.2) is 10.6 Å². The van der Waals surface area contributed by atoms with Gasteiger partial charge in [0.2, 0.25) is 0 Å². The molecule has 2 bridgehead atoms. The van der Waals surface area contributed by atoms with Crippen LogP contribution in [0.5, 0.6) is 0 Å². The van der Waals surface area contributed by atoms with Crippen molar-refractivity contribution in [3.63, 3.8) is 0 Å². The van der Waals surface area contributed by atoms with E-state index in [4.69, 9.17) is 4.74 Å². The van der Waals surface area contributed by atoms with E-state index < -0.39 is 0 Å². The number of hydrogen-bond acceptors (Lipinski definition) is 2. The largest absolute Gasteiger partial charge is 0.464 e. The summed E-state index contributed by atoms with van der Waals surface area (Å²) in [4.78, 5) is 10.2. The van der Waals surface area contributed by atoms with Gasteiger partial charge in [-0.2, -0.15) is 0 Å². The highest BCUT2D eigenvalue weighted by atomic mass is 79.9. The lowest BCUT2D eigenvalue weighted by atomic mass is 9.95. The summed E-state index contributed by atoms with van der Waals surface area (Å²) in [5.74, 6) is 1.18. The first-order chi connectivity index (χ1) is 5.79. The van der Waals surface area contributed by atoms with Crippen molar-refractivity contribution >= 4 is 22.4 Å². The topological polar surface area (TPSA) is 26.3 Å². The van der Waals surface area contributed by atoms with Gasteiger partial charge >= 0.3 is 0 Å². The Balaban J connectivity index is 2.09. The van der Waals surface area contributed by atoms with E-state index in [9.17, 15) is 4.79 Å². The Labute approximate surface area is 80.1 Å². The van der Waals surface area contributed by atoms with Crippen LogP contribution in [-0.2, 0) is 9.53 Å². The van der Waals surface area contributed by atoms with Crippen molar-refractivity contribution < 1.29 is 9.53 Å². The molecular formula is C9H11BrO2. The first kappa shape index (κ1) is 8.30. The van der Waals surface area contributed by atoms with Crippen molar-refractivity contribution in [2.75, 3.05) is 0 Å². The zero-order chi connectivity index (χ0) is 8.55. The molecule has 0 amide bonds. The monoisotopic (exact) mass is 230 g/mol. The Bertz CT molecular complexity index is 225. The van der Waals surface area contributed by atoms with Crippen LogP contribution in [-0.4, -0.2) is 12.6 Å². The molecule has 3 atom stereocenters. The molecule has 0 aliphatic heterocycles. The highest BCUT2D eigenvalue weighted by Crippen LogP contribution is 2.43. The zero-order valence-corrected chi connectivity index (χ0v) is 8.29. The molecule has 0 radical (unpaired) electrons. The van der Waals surface area contributed by atoms with Gasteiger partial charge in [-0.25, -0.2) is 0 Å². The van der Waals surface area contributed by atoms with Crippen molar-refractivity contribution in [1.29, 1.82) is 0 Å². The predicted molar refractivity (Wildman–Crippen MR) is 48.8 cm³/mol. The Hall–Kier alpha value is -0.310. The number of fused-ring (bicyclic) bond motifs is 2. The van der Waals surface area contributed by atoms with E-state index in [0.717, 1.165) is 18.8 Å². The number of hydrogen-bond donors (Lipinski definition) is 0. The lowest BCUT2D eigenvalue weighted by molar-refractivity contribution is -0.134.